The molecule has 1 atom stereocenters. The average molecular weight is 302 g/mol. The number of aliphatic hydroxyl groups excluding tert-OH is 1. The van der Waals surface area contributed by atoms with Crippen LogP contribution in [0.1, 0.15) is 5.56 Å². The first-order valence-electron chi connectivity index (χ1n) is 6.91. The molecule has 0 amide bonds. The number of para-hydroxylation sites is 1. The van der Waals surface area contributed by atoms with E-state index in [1.807, 2.05) is 31.2 Å². The number of aliphatic hydroxyl groups is 1. The molecule has 116 valence electrons. The van der Waals surface area contributed by atoms with E-state index in [9.17, 15) is 15.2 Å². The Bertz CT molecular complexity index is 628. The number of nitro groups is 1. The fraction of sp³-hybridized carbons (Fsp3) is 0.250. The summed E-state index contributed by atoms with van der Waals surface area (Å²) in [4.78, 5) is 10.1. The van der Waals surface area contributed by atoms with Crippen LogP contribution in [0.5, 0.6) is 5.75 Å². The molecular weight excluding hydrogens is 284 g/mol. The summed E-state index contributed by atoms with van der Waals surface area (Å²) >= 11 is 0. The minimum absolute atomic E-state index is 0.0361. The van der Waals surface area contributed by atoms with Gasteiger partial charge in [0, 0.05) is 24.4 Å². The smallest absolute Gasteiger partial charge is 0.269 e. The van der Waals surface area contributed by atoms with Gasteiger partial charge in [0.25, 0.3) is 5.69 Å². The molecule has 0 heterocycles. The van der Waals surface area contributed by atoms with Crippen molar-refractivity contribution in [3.8, 4) is 5.75 Å². The van der Waals surface area contributed by atoms with Crippen LogP contribution in [0, 0.1) is 17.0 Å². The van der Waals surface area contributed by atoms with Crippen molar-refractivity contribution < 1.29 is 14.8 Å². The van der Waals surface area contributed by atoms with Crippen molar-refractivity contribution in [2.75, 3.05) is 18.5 Å². The topological polar surface area (TPSA) is 84.6 Å². The molecule has 0 aliphatic rings. The van der Waals surface area contributed by atoms with Crippen molar-refractivity contribution in [1.29, 1.82) is 0 Å². The number of benzene rings is 2. The fourth-order valence-corrected chi connectivity index (χ4v) is 1.90. The van der Waals surface area contributed by atoms with E-state index >= 15 is 0 Å². The molecule has 0 aliphatic heterocycles. The van der Waals surface area contributed by atoms with Gasteiger partial charge in [-0.15, -0.1) is 0 Å². The van der Waals surface area contributed by atoms with Crippen LogP contribution in [-0.2, 0) is 0 Å². The van der Waals surface area contributed by atoms with Gasteiger partial charge in [-0.1, -0.05) is 18.2 Å². The highest BCUT2D eigenvalue weighted by atomic mass is 16.6. The maximum absolute atomic E-state index is 10.6. The molecule has 2 N–H and O–H groups in total. The van der Waals surface area contributed by atoms with Crippen LogP contribution in [0.15, 0.2) is 48.5 Å². The van der Waals surface area contributed by atoms with Crippen LogP contribution in [0.3, 0.4) is 0 Å². The maximum atomic E-state index is 10.6. The number of hydrogen-bond acceptors (Lipinski definition) is 5. The number of hydrogen-bond donors (Lipinski definition) is 2. The van der Waals surface area contributed by atoms with Gasteiger partial charge in [-0.05, 0) is 30.7 Å². The standard InChI is InChI=1S/C16H18N2O4/c1-12-4-2-3-5-16(12)22-11-15(19)10-17-13-6-8-14(9-7-13)18(20)21/h2-9,15,17,19H,10-11H2,1H3. The van der Waals surface area contributed by atoms with Gasteiger partial charge in [-0.2, -0.15) is 0 Å². The Morgan fingerprint density at radius 3 is 2.55 bits per heavy atom. The first-order valence-corrected chi connectivity index (χ1v) is 6.91. The summed E-state index contributed by atoms with van der Waals surface area (Å²) in [5.41, 5.74) is 1.76. The van der Waals surface area contributed by atoms with Crippen LogP contribution in [0.2, 0.25) is 0 Å². The molecule has 6 heteroatoms. The van der Waals surface area contributed by atoms with Crippen LogP contribution in [0.25, 0.3) is 0 Å². The van der Waals surface area contributed by atoms with Crippen molar-refractivity contribution in [3.63, 3.8) is 0 Å². The molecule has 2 rings (SSSR count). The number of anilines is 1. The van der Waals surface area contributed by atoms with Crippen LogP contribution >= 0.6 is 0 Å². The number of nitro benzene ring substituents is 1. The highest BCUT2D eigenvalue weighted by Crippen LogP contribution is 2.17. The van der Waals surface area contributed by atoms with Gasteiger partial charge in [0.15, 0.2) is 0 Å². The lowest BCUT2D eigenvalue weighted by atomic mass is 10.2. The highest BCUT2D eigenvalue weighted by Gasteiger charge is 2.08. The number of rotatable bonds is 7. The Kier molecular flexibility index (Phi) is 5.32. The fourth-order valence-electron chi connectivity index (χ4n) is 1.90. The number of nitrogens with zero attached hydrogens (tertiary/aromatic N) is 1. The lowest BCUT2D eigenvalue weighted by Gasteiger charge is -2.15. The van der Waals surface area contributed by atoms with Gasteiger partial charge in [0.05, 0.1) is 4.92 Å². The van der Waals surface area contributed by atoms with E-state index in [1.54, 1.807) is 12.1 Å². The largest absolute Gasteiger partial charge is 0.491 e. The van der Waals surface area contributed by atoms with Crippen molar-refractivity contribution in [2.24, 2.45) is 0 Å². The summed E-state index contributed by atoms with van der Waals surface area (Å²) in [5.74, 6) is 0.747. The molecule has 0 bridgehead atoms. The highest BCUT2D eigenvalue weighted by molar-refractivity contribution is 5.48. The van der Waals surface area contributed by atoms with Crippen LogP contribution in [0.4, 0.5) is 11.4 Å². The summed E-state index contributed by atoms with van der Waals surface area (Å²) in [7, 11) is 0. The summed E-state index contributed by atoms with van der Waals surface area (Å²) in [6.07, 6.45) is -0.685. The monoisotopic (exact) mass is 302 g/mol. The summed E-state index contributed by atoms with van der Waals surface area (Å²) in [5, 5.41) is 23.5. The van der Waals surface area contributed by atoms with E-state index in [4.69, 9.17) is 4.74 Å². The van der Waals surface area contributed by atoms with Crippen molar-refractivity contribution in [1.82, 2.24) is 0 Å². The Morgan fingerprint density at radius 1 is 1.23 bits per heavy atom. The molecule has 0 spiro atoms. The molecule has 1 unspecified atom stereocenters. The molecule has 0 aromatic heterocycles. The van der Waals surface area contributed by atoms with E-state index < -0.39 is 11.0 Å². The third kappa shape index (κ3) is 4.46. The predicted octanol–water partition coefficient (Wildman–Crippen LogP) is 2.76. The summed E-state index contributed by atoms with van der Waals surface area (Å²) in [6, 6.07) is 13.6. The number of aryl methyl sites for hydroxylation is 1. The minimum atomic E-state index is -0.685. The van der Waals surface area contributed by atoms with E-state index in [1.165, 1.54) is 12.1 Å². The Hall–Kier alpha value is -2.60. The molecule has 0 aliphatic carbocycles. The maximum Gasteiger partial charge on any atom is 0.269 e. The van der Waals surface area contributed by atoms with Gasteiger partial charge in [-0.25, -0.2) is 0 Å². The second kappa shape index (κ2) is 7.42. The van der Waals surface area contributed by atoms with Gasteiger partial charge in [0.2, 0.25) is 0 Å². The second-order valence-corrected chi connectivity index (χ2v) is 4.92. The molecule has 6 nitrogen and oxygen atoms in total. The first-order chi connectivity index (χ1) is 10.6. The Morgan fingerprint density at radius 2 is 1.91 bits per heavy atom. The number of nitrogens with one attached hydrogen (secondary N) is 1. The van der Waals surface area contributed by atoms with Crippen molar-refractivity contribution in [2.45, 2.75) is 13.0 Å². The molecule has 0 saturated carbocycles. The van der Waals surface area contributed by atoms with Gasteiger partial charge < -0.3 is 15.2 Å². The van der Waals surface area contributed by atoms with E-state index in [2.05, 4.69) is 5.32 Å². The molecule has 22 heavy (non-hydrogen) atoms. The summed E-state index contributed by atoms with van der Waals surface area (Å²) < 4.78 is 5.56. The number of non-ortho nitro benzene ring substituents is 1. The molecule has 0 saturated heterocycles. The third-order valence-corrected chi connectivity index (χ3v) is 3.14. The zero-order valence-electron chi connectivity index (χ0n) is 12.2. The lowest BCUT2D eigenvalue weighted by Crippen LogP contribution is -2.26. The van der Waals surface area contributed by atoms with Crippen LogP contribution < -0.4 is 10.1 Å². The Balaban J connectivity index is 1.79. The molecule has 2 aromatic rings. The molecule has 2 aromatic carbocycles. The molecule has 0 fully saturated rings. The zero-order chi connectivity index (χ0) is 15.9. The Labute approximate surface area is 128 Å². The predicted molar refractivity (Wildman–Crippen MR) is 84.3 cm³/mol. The lowest BCUT2D eigenvalue weighted by molar-refractivity contribution is -0.384. The van der Waals surface area contributed by atoms with Gasteiger partial charge in [0.1, 0.15) is 18.5 Å². The molecular formula is C16H18N2O4. The zero-order valence-corrected chi connectivity index (χ0v) is 12.2. The van der Waals surface area contributed by atoms with Gasteiger partial charge >= 0.3 is 0 Å². The SMILES string of the molecule is Cc1ccccc1OCC(O)CNc1ccc([N+](=O)[O-])cc1. The van der Waals surface area contributed by atoms with E-state index in [0.29, 0.717) is 12.2 Å². The van der Waals surface area contributed by atoms with Gasteiger partial charge in [-0.3, -0.25) is 10.1 Å². The third-order valence-electron chi connectivity index (χ3n) is 3.14. The van der Waals surface area contributed by atoms with Crippen molar-refractivity contribution in [3.05, 3.63) is 64.2 Å². The summed E-state index contributed by atoms with van der Waals surface area (Å²) in [6.45, 7) is 2.41. The van der Waals surface area contributed by atoms with E-state index in [-0.39, 0.29) is 12.3 Å². The molecule has 0 radical (unpaired) electrons. The van der Waals surface area contributed by atoms with Crippen molar-refractivity contribution >= 4 is 11.4 Å². The van der Waals surface area contributed by atoms with E-state index in [0.717, 1.165) is 11.3 Å². The average Bonchev–Trinajstić information content (AvgIpc) is 2.52. The second-order valence-electron chi connectivity index (χ2n) is 4.92. The normalized spacial score (nSPS) is 11.7. The number of ether oxygens (including phenoxy) is 1. The minimum Gasteiger partial charge on any atom is -0.491 e. The van der Waals surface area contributed by atoms with Crippen LogP contribution in [-0.4, -0.2) is 29.3 Å². The quantitative estimate of drug-likeness (QED) is 0.607. The first kappa shape index (κ1) is 15.8.